The van der Waals surface area contributed by atoms with Crippen LogP contribution in [0.2, 0.25) is 0 Å². The maximum absolute atomic E-state index is 13.6. The Morgan fingerprint density at radius 3 is 1.86 bits per heavy atom. The van der Waals surface area contributed by atoms with E-state index in [9.17, 15) is 14.4 Å². The zero-order valence-electron chi connectivity index (χ0n) is 20.4. The number of rotatable bonds is 9. The van der Waals surface area contributed by atoms with Crippen LogP contribution in [0.25, 0.3) is 0 Å². The van der Waals surface area contributed by atoms with Gasteiger partial charge in [-0.2, -0.15) is 5.01 Å². The zero-order valence-corrected chi connectivity index (χ0v) is 20.4. The summed E-state index contributed by atoms with van der Waals surface area (Å²) in [4.78, 5) is 46.2. The number of nitrogens with one attached hydrogen (secondary N) is 1. The number of aromatic nitrogens is 2. The Labute approximate surface area is 215 Å². The SMILES string of the molecule is O=C[C@@H]1C(=O)CCC(=O)N1N(CCc1cnc[nH]1)C(c1ccccc1)(c1ccccc1)c1ccccc1. The molecular weight excluding hydrogens is 464 g/mol. The van der Waals surface area contributed by atoms with Crippen molar-refractivity contribution in [2.75, 3.05) is 6.54 Å². The normalized spacial score (nSPS) is 16.2. The molecule has 7 nitrogen and oxygen atoms in total. The van der Waals surface area contributed by atoms with Gasteiger partial charge in [0.25, 0.3) is 0 Å². The molecule has 5 rings (SSSR count). The Kier molecular flexibility index (Phi) is 7.05. The largest absolute Gasteiger partial charge is 0.348 e. The molecule has 7 heteroatoms. The number of carbonyl (C=O) groups excluding carboxylic acids is 3. The van der Waals surface area contributed by atoms with Gasteiger partial charge in [-0.25, -0.2) is 4.98 Å². The lowest BCUT2D eigenvalue weighted by atomic mass is 9.76. The second kappa shape index (κ2) is 10.7. The number of aromatic amines is 1. The first-order valence-corrected chi connectivity index (χ1v) is 12.4. The third-order valence-corrected chi connectivity index (χ3v) is 6.93. The van der Waals surface area contributed by atoms with E-state index >= 15 is 0 Å². The number of ketones is 1. The number of hydrazine groups is 1. The highest BCUT2D eigenvalue weighted by molar-refractivity contribution is 6.04. The van der Waals surface area contributed by atoms with Gasteiger partial charge in [0, 0.05) is 37.7 Å². The zero-order chi connectivity index (χ0) is 25.7. The van der Waals surface area contributed by atoms with Crippen LogP contribution in [0.15, 0.2) is 104 Å². The Bertz CT molecular complexity index is 1240. The summed E-state index contributed by atoms with van der Waals surface area (Å²) in [6.45, 7) is 0.338. The Balaban J connectivity index is 1.82. The van der Waals surface area contributed by atoms with Crippen LogP contribution in [0.4, 0.5) is 0 Å². The third-order valence-electron chi connectivity index (χ3n) is 6.93. The molecule has 0 radical (unpaired) electrons. The van der Waals surface area contributed by atoms with E-state index in [0.29, 0.717) is 19.3 Å². The molecule has 0 bridgehead atoms. The molecule has 0 aliphatic carbocycles. The molecule has 1 aliphatic heterocycles. The van der Waals surface area contributed by atoms with Gasteiger partial charge in [-0.15, -0.1) is 0 Å². The van der Waals surface area contributed by atoms with Crippen LogP contribution in [0.1, 0.15) is 35.2 Å². The van der Waals surface area contributed by atoms with Gasteiger partial charge >= 0.3 is 0 Å². The van der Waals surface area contributed by atoms with E-state index in [-0.39, 0.29) is 24.5 Å². The number of Topliss-reactive ketones (excluding diaryl/α,β-unsaturated/α-hetero) is 1. The summed E-state index contributed by atoms with van der Waals surface area (Å²) >= 11 is 0. The molecule has 1 aromatic heterocycles. The van der Waals surface area contributed by atoms with E-state index in [1.54, 1.807) is 12.5 Å². The van der Waals surface area contributed by atoms with Crippen molar-refractivity contribution in [3.05, 3.63) is 126 Å². The van der Waals surface area contributed by atoms with Crippen molar-refractivity contribution in [1.82, 2.24) is 20.0 Å². The summed E-state index contributed by atoms with van der Waals surface area (Å²) in [5.41, 5.74) is 2.59. The van der Waals surface area contributed by atoms with E-state index in [0.717, 1.165) is 22.4 Å². The molecule has 1 aliphatic rings. The average molecular weight is 493 g/mol. The lowest BCUT2D eigenvalue weighted by Gasteiger charge is -2.52. The van der Waals surface area contributed by atoms with Crippen LogP contribution in [0.5, 0.6) is 0 Å². The molecule has 3 aromatic carbocycles. The number of amides is 1. The number of nitrogens with zero attached hydrogens (tertiary/aromatic N) is 3. The molecule has 4 aromatic rings. The number of piperidine rings is 1. The van der Waals surface area contributed by atoms with Gasteiger partial charge in [0.1, 0.15) is 5.54 Å². The maximum Gasteiger partial charge on any atom is 0.238 e. The van der Waals surface area contributed by atoms with Gasteiger partial charge in [-0.3, -0.25) is 14.6 Å². The smallest absolute Gasteiger partial charge is 0.238 e. The molecule has 1 amide bonds. The summed E-state index contributed by atoms with van der Waals surface area (Å²) in [5, 5.41) is 3.33. The van der Waals surface area contributed by atoms with Gasteiger partial charge in [-0.05, 0) is 16.7 Å². The van der Waals surface area contributed by atoms with Crippen molar-refractivity contribution < 1.29 is 14.4 Å². The molecular formula is C30H28N4O3. The minimum absolute atomic E-state index is 0.0537. The molecule has 37 heavy (non-hydrogen) atoms. The van der Waals surface area contributed by atoms with E-state index < -0.39 is 11.6 Å². The monoisotopic (exact) mass is 492 g/mol. The number of aldehydes is 1. The summed E-state index contributed by atoms with van der Waals surface area (Å²) in [6.07, 6.45) is 4.57. The topological polar surface area (TPSA) is 86.4 Å². The van der Waals surface area contributed by atoms with E-state index in [1.807, 2.05) is 96.0 Å². The van der Waals surface area contributed by atoms with Crippen molar-refractivity contribution in [2.24, 2.45) is 0 Å². The molecule has 0 saturated carbocycles. The summed E-state index contributed by atoms with van der Waals surface area (Å²) in [5.74, 6) is -0.516. The Morgan fingerprint density at radius 1 is 0.865 bits per heavy atom. The number of hydrogen-bond acceptors (Lipinski definition) is 5. The first-order valence-electron chi connectivity index (χ1n) is 12.4. The third kappa shape index (κ3) is 4.49. The van der Waals surface area contributed by atoms with Crippen molar-refractivity contribution in [2.45, 2.75) is 30.8 Å². The van der Waals surface area contributed by atoms with Crippen LogP contribution in [0, 0.1) is 0 Å². The highest BCUT2D eigenvalue weighted by atomic mass is 16.2. The van der Waals surface area contributed by atoms with Crippen molar-refractivity contribution in [3.8, 4) is 0 Å². The van der Waals surface area contributed by atoms with Crippen LogP contribution < -0.4 is 0 Å². The fraction of sp³-hybridized carbons (Fsp3) is 0.200. The standard InChI is InChI=1S/C30H28N4O3/c35-21-27-28(36)16-17-29(37)34(27)33(19-18-26-20-31-22-32-26)30(23-10-4-1-5-11-23,24-12-6-2-7-13-24)25-14-8-3-9-15-25/h1-15,20-22,27H,16-19H2,(H,31,32)/t27-/m1/s1. The highest BCUT2D eigenvalue weighted by Crippen LogP contribution is 2.44. The summed E-state index contributed by atoms with van der Waals surface area (Å²) in [7, 11) is 0. The molecule has 1 atom stereocenters. The Morgan fingerprint density at radius 2 is 1.41 bits per heavy atom. The first-order chi connectivity index (χ1) is 18.2. The van der Waals surface area contributed by atoms with Crippen LogP contribution in [-0.4, -0.2) is 50.5 Å². The number of imidazole rings is 1. The van der Waals surface area contributed by atoms with Crippen LogP contribution >= 0.6 is 0 Å². The maximum atomic E-state index is 13.6. The summed E-state index contributed by atoms with van der Waals surface area (Å²) < 4.78 is 0. The summed E-state index contributed by atoms with van der Waals surface area (Å²) in [6, 6.07) is 28.6. The lowest BCUT2D eigenvalue weighted by Crippen LogP contribution is -2.65. The predicted molar refractivity (Wildman–Crippen MR) is 139 cm³/mol. The fourth-order valence-corrected chi connectivity index (χ4v) is 5.27. The van der Waals surface area contributed by atoms with Crippen LogP contribution in [0.3, 0.4) is 0 Å². The minimum atomic E-state index is -1.20. The lowest BCUT2D eigenvalue weighted by molar-refractivity contribution is -0.176. The molecule has 1 N–H and O–H groups in total. The van der Waals surface area contributed by atoms with Gasteiger partial charge in [-0.1, -0.05) is 91.0 Å². The first kappa shape index (κ1) is 24.3. The van der Waals surface area contributed by atoms with E-state index in [4.69, 9.17) is 0 Å². The quantitative estimate of drug-likeness (QED) is 0.217. The molecule has 186 valence electrons. The Hall–Kier alpha value is -4.36. The van der Waals surface area contributed by atoms with E-state index in [2.05, 4.69) is 9.97 Å². The predicted octanol–water partition coefficient (Wildman–Crippen LogP) is 3.92. The average Bonchev–Trinajstić information content (AvgIpc) is 3.48. The second-order valence-electron chi connectivity index (χ2n) is 9.04. The molecule has 0 spiro atoms. The van der Waals surface area contributed by atoms with Gasteiger partial charge in [0.05, 0.1) is 6.33 Å². The van der Waals surface area contributed by atoms with Gasteiger partial charge in [0.2, 0.25) is 5.91 Å². The van der Waals surface area contributed by atoms with Crippen LogP contribution in [-0.2, 0) is 26.3 Å². The van der Waals surface area contributed by atoms with E-state index in [1.165, 1.54) is 5.01 Å². The molecule has 2 heterocycles. The number of carbonyl (C=O) groups is 3. The van der Waals surface area contributed by atoms with Gasteiger partial charge in [0.15, 0.2) is 18.1 Å². The van der Waals surface area contributed by atoms with Crippen molar-refractivity contribution in [1.29, 1.82) is 0 Å². The highest BCUT2D eigenvalue weighted by Gasteiger charge is 2.50. The van der Waals surface area contributed by atoms with Gasteiger partial charge < -0.3 is 9.78 Å². The van der Waals surface area contributed by atoms with Crippen molar-refractivity contribution in [3.63, 3.8) is 0 Å². The molecule has 1 fully saturated rings. The number of H-pyrrole nitrogens is 1. The number of benzene rings is 3. The fourth-order valence-electron chi connectivity index (χ4n) is 5.27. The number of hydrogen-bond donors (Lipinski definition) is 1. The van der Waals surface area contributed by atoms with Crippen molar-refractivity contribution >= 4 is 18.0 Å². The second-order valence-corrected chi connectivity index (χ2v) is 9.04. The molecule has 0 unspecified atom stereocenters. The minimum Gasteiger partial charge on any atom is -0.348 e. The molecule has 1 saturated heterocycles.